The van der Waals surface area contributed by atoms with Gasteiger partial charge in [-0.2, -0.15) is 0 Å². The molecule has 2 aromatic carbocycles. The number of hydrogen-bond donors (Lipinski definition) is 0. The van der Waals surface area contributed by atoms with E-state index in [0.29, 0.717) is 0 Å². The number of carbonyl (C=O) groups is 1. The molecule has 6 heteroatoms. The molecule has 27 heavy (non-hydrogen) atoms. The molecule has 1 aliphatic rings. The number of fused-ring (bicyclic) bond motifs is 1. The van der Waals surface area contributed by atoms with Gasteiger partial charge in [-0.1, -0.05) is 12.1 Å². The van der Waals surface area contributed by atoms with E-state index in [1.807, 2.05) is 47.4 Å². The molecular formula is C21H21N3O2S. The Morgan fingerprint density at radius 3 is 2.52 bits per heavy atom. The molecule has 1 amide bonds. The zero-order valence-electron chi connectivity index (χ0n) is 15.2. The number of para-hydroxylation sites is 1. The van der Waals surface area contributed by atoms with Gasteiger partial charge in [-0.25, -0.2) is 4.98 Å². The van der Waals surface area contributed by atoms with Crippen molar-refractivity contribution in [2.45, 2.75) is 0 Å². The van der Waals surface area contributed by atoms with Crippen LogP contribution in [0.15, 0.2) is 54.6 Å². The third kappa shape index (κ3) is 3.95. The number of rotatable bonds is 4. The summed E-state index contributed by atoms with van der Waals surface area (Å²) in [7, 11) is 1.67. The third-order valence-corrected chi connectivity index (χ3v) is 5.71. The molecule has 0 atom stereocenters. The Morgan fingerprint density at radius 1 is 1.07 bits per heavy atom. The topological polar surface area (TPSA) is 45.7 Å². The van der Waals surface area contributed by atoms with Gasteiger partial charge in [-0.3, -0.25) is 4.79 Å². The van der Waals surface area contributed by atoms with Gasteiger partial charge in [0.05, 0.1) is 17.3 Å². The van der Waals surface area contributed by atoms with Gasteiger partial charge in [0.2, 0.25) is 5.91 Å². The number of anilines is 1. The van der Waals surface area contributed by atoms with Gasteiger partial charge in [0.15, 0.2) is 0 Å². The summed E-state index contributed by atoms with van der Waals surface area (Å²) in [6, 6.07) is 16.1. The Bertz CT molecular complexity index is 924. The molecule has 1 fully saturated rings. The van der Waals surface area contributed by atoms with E-state index in [1.54, 1.807) is 24.5 Å². The number of carbonyl (C=O) groups excluding carboxylic acids is 1. The molecule has 0 radical (unpaired) electrons. The van der Waals surface area contributed by atoms with Gasteiger partial charge in [0, 0.05) is 37.9 Å². The van der Waals surface area contributed by atoms with Crippen LogP contribution in [-0.4, -0.2) is 49.1 Å². The first-order valence-electron chi connectivity index (χ1n) is 8.94. The predicted molar refractivity (Wildman–Crippen MR) is 110 cm³/mol. The van der Waals surface area contributed by atoms with E-state index in [-0.39, 0.29) is 5.91 Å². The first-order chi connectivity index (χ1) is 13.2. The van der Waals surface area contributed by atoms with Gasteiger partial charge >= 0.3 is 0 Å². The van der Waals surface area contributed by atoms with Crippen molar-refractivity contribution in [2.24, 2.45) is 0 Å². The number of ether oxygens (including phenoxy) is 1. The van der Waals surface area contributed by atoms with Gasteiger partial charge in [-0.05, 0) is 42.5 Å². The average Bonchev–Trinajstić information content (AvgIpc) is 3.15. The maximum absolute atomic E-state index is 12.5. The fraction of sp³-hybridized carbons (Fsp3) is 0.238. The summed E-state index contributed by atoms with van der Waals surface area (Å²) in [5, 5.41) is 0.862. The molecular weight excluding hydrogens is 358 g/mol. The number of thiazole rings is 1. The summed E-state index contributed by atoms with van der Waals surface area (Å²) < 4.78 is 6.34. The number of nitrogens with zero attached hydrogens (tertiary/aromatic N) is 3. The molecule has 0 N–H and O–H groups in total. The van der Waals surface area contributed by atoms with Crippen LogP contribution in [0.3, 0.4) is 0 Å². The minimum Gasteiger partial charge on any atom is -0.497 e. The van der Waals surface area contributed by atoms with Crippen molar-refractivity contribution < 1.29 is 9.53 Å². The molecule has 1 aromatic heterocycles. The van der Waals surface area contributed by atoms with Crippen LogP contribution in [0.25, 0.3) is 16.3 Å². The lowest BCUT2D eigenvalue weighted by atomic mass is 10.2. The second-order valence-corrected chi connectivity index (χ2v) is 7.43. The zero-order chi connectivity index (χ0) is 18.6. The maximum atomic E-state index is 12.5. The number of piperazine rings is 1. The van der Waals surface area contributed by atoms with Gasteiger partial charge in [-0.15, -0.1) is 11.3 Å². The number of amides is 1. The smallest absolute Gasteiger partial charge is 0.246 e. The van der Waals surface area contributed by atoms with Crippen molar-refractivity contribution in [2.75, 3.05) is 38.2 Å². The normalized spacial score (nSPS) is 14.9. The van der Waals surface area contributed by atoms with E-state index < -0.39 is 0 Å². The molecule has 5 nitrogen and oxygen atoms in total. The molecule has 1 saturated heterocycles. The highest BCUT2D eigenvalue weighted by Gasteiger charge is 2.20. The highest BCUT2D eigenvalue weighted by Crippen LogP contribution is 2.23. The van der Waals surface area contributed by atoms with E-state index in [9.17, 15) is 4.79 Å². The molecule has 0 bridgehead atoms. The van der Waals surface area contributed by atoms with Gasteiger partial charge in [0.1, 0.15) is 10.8 Å². The lowest BCUT2D eigenvalue weighted by molar-refractivity contribution is -0.126. The van der Waals surface area contributed by atoms with Crippen LogP contribution in [0.5, 0.6) is 5.75 Å². The molecule has 0 aliphatic carbocycles. The fourth-order valence-electron chi connectivity index (χ4n) is 3.19. The maximum Gasteiger partial charge on any atom is 0.246 e. The summed E-state index contributed by atoms with van der Waals surface area (Å²) >= 11 is 1.60. The lowest BCUT2D eigenvalue weighted by Crippen LogP contribution is -2.48. The van der Waals surface area contributed by atoms with E-state index in [0.717, 1.165) is 52.8 Å². The Labute approximate surface area is 162 Å². The second-order valence-electron chi connectivity index (χ2n) is 6.36. The molecule has 4 rings (SSSR count). The van der Waals surface area contributed by atoms with Gasteiger partial charge < -0.3 is 14.5 Å². The molecule has 3 aromatic rings. The van der Waals surface area contributed by atoms with Crippen molar-refractivity contribution >= 4 is 39.2 Å². The van der Waals surface area contributed by atoms with Crippen LogP contribution in [0.1, 0.15) is 5.01 Å². The zero-order valence-corrected chi connectivity index (χ0v) is 16.0. The summed E-state index contributed by atoms with van der Waals surface area (Å²) in [6.07, 6.45) is 3.46. The molecule has 0 saturated carbocycles. The molecule has 0 unspecified atom stereocenters. The second kappa shape index (κ2) is 7.80. The van der Waals surface area contributed by atoms with E-state index in [2.05, 4.69) is 22.0 Å². The van der Waals surface area contributed by atoms with Crippen molar-refractivity contribution in [1.29, 1.82) is 0 Å². The summed E-state index contributed by atoms with van der Waals surface area (Å²) in [5.74, 6) is 0.899. The number of hydrogen-bond acceptors (Lipinski definition) is 5. The SMILES string of the molecule is COc1ccc(N2CCN(C(=O)/C=C/c3nc4ccccc4s3)CC2)cc1. The molecule has 2 heterocycles. The summed E-state index contributed by atoms with van der Waals surface area (Å²) in [5.41, 5.74) is 2.13. The highest BCUT2D eigenvalue weighted by molar-refractivity contribution is 7.19. The fourth-order valence-corrected chi connectivity index (χ4v) is 4.06. The monoisotopic (exact) mass is 379 g/mol. The van der Waals surface area contributed by atoms with Crippen molar-refractivity contribution in [1.82, 2.24) is 9.88 Å². The van der Waals surface area contributed by atoms with Crippen LogP contribution in [0.4, 0.5) is 5.69 Å². The first kappa shape index (κ1) is 17.5. The van der Waals surface area contributed by atoms with E-state index in [4.69, 9.17) is 4.74 Å². The quantitative estimate of drug-likeness (QED) is 0.649. The number of methoxy groups -OCH3 is 1. The molecule has 0 spiro atoms. The lowest BCUT2D eigenvalue weighted by Gasteiger charge is -2.35. The number of benzene rings is 2. The summed E-state index contributed by atoms with van der Waals surface area (Å²) in [4.78, 5) is 21.2. The Balaban J connectivity index is 1.35. The van der Waals surface area contributed by atoms with Crippen LogP contribution in [0.2, 0.25) is 0 Å². The standard InChI is InChI=1S/C21H21N3O2S/c1-26-17-8-6-16(7-9-17)23-12-14-24(15-13-23)21(25)11-10-20-22-18-4-2-3-5-19(18)27-20/h2-11H,12-15H2,1H3/b11-10+. The molecule has 138 valence electrons. The van der Waals surface area contributed by atoms with Crippen LogP contribution in [0, 0.1) is 0 Å². The Hall–Kier alpha value is -2.86. The minimum atomic E-state index is 0.0450. The van der Waals surface area contributed by atoms with Crippen LogP contribution < -0.4 is 9.64 Å². The van der Waals surface area contributed by atoms with E-state index >= 15 is 0 Å². The average molecular weight is 379 g/mol. The predicted octanol–water partition coefficient (Wildman–Crippen LogP) is 3.67. The largest absolute Gasteiger partial charge is 0.497 e. The third-order valence-electron chi connectivity index (χ3n) is 4.71. The van der Waals surface area contributed by atoms with E-state index in [1.165, 1.54) is 0 Å². The first-order valence-corrected chi connectivity index (χ1v) is 9.76. The number of aromatic nitrogens is 1. The molecule has 1 aliphatic heterocycles. The Kier molecular flexibility index (Phi) is 5.07. The van der Waals surface area contributed by atoms with Gasteiger partial charge in [0.25, 0.3) is 0 Å². The van der Waals surface area contributed by atoms with Crippen LogP contribution in [-0.2, 0) is 4.79 Å². The van der Waals surface area contributed by atoms with Crippen LogP contribution >= 0.6 is 11.3 Å². The highest BCUT2D eigenvalue weighted by atomic mass is 32.1. The Morgan fingerprint density at radius 2 is 1.81 bits per heavy atom. The van der Waals surface area contributed by atoms with Crippen molar-refractivity contribution in [3.05, 3.63) is 59.6 Å². The van der Waals surface area contributed by atoms with Crippen molar-refractivity contribution in [3.63, 3.8) is 0 Å². The summed E-state index contributed by atoms with van der Waals surface area (Å²) in [6.45, 7) is 3.09. The minimum absolute atomic E-state index is 0.0450. The van der Waals surface area contributed by atoms with Crippen molar-refractivity contribution in [3.8, 4) is 5.75 Å².